The van der Waals surface area contributed by atoms with Crippen LogP contribution in [0.3, 0.4) is 0 Å². The summed E-state index contributed by atoms with van der Waals surface area (Å²) >= 11 is 0. The van der Waals surface area contributed by atoms with E-state index in [4.69, 9.17) is 4.99 Å². The van der Waals surface area contributed by atoms with Gasteiger partial charge in [0.05, 0.1) is 11.7 Å². The van der Waals surface area contributed by atoms with Crippen molar-refractivity contribution in [3.63, 3.8) is 0 Å². The number of likely N-dealkylation sites (N-methyl/N-ethyl adjacent to an activating group) is 1. The molecule has 1 atom stereocenters. The number of guanidine groups is 1. The number of halogens is 1. The summed E-state index contributed by atoms with van der Waals surface area (Å²) in [5.41, 5.74) is 0.677. The summed E-state index contributed by atoms with van der Waals surface area (Å²) < 4.78 is 14.1. The third kappa shape index (κ3) is 6.09. The zero-order valence-corrected chi connectivity index (χ0v) is 19.2. The average molecular weight is 433 g/mol. The number of nitrogens with one attached hydrogen (secondary N) is 1. The highest BCUT2D eigenvalue weighted by Gasteiger charge is 2.31. The summed E-state index contributed by atoms with van der Waals surface area (Å²) in [5.74, 6) is 0.976. The quantitative estimate of drug-likeness (QED) is 0.405. The molecule has 7 nitrogen and oxygen atoms in total. The van der Waals surface area contributed by atoms with Crippen molar-refractivity contribution in [1.82, 2.24) is 20.0 Å². The predicted molar refractivity (Wildman–Crippen MR) is 124 cm³/mol. The monoisotopic (exact) mass is 432 g/mol. The third-order valence-electron chi connectivity index (χ3n) is 6.06. The minimum Gasteiger partial charge on any atom is -0.366 e. The Bertz CT molecular complexity index is 747. The molecule has 0 saturated carbocycles. The maximum absolute atomic E-state index is 14.1. The van der Waals surface area contributed by atoms with Gasteiger partial charge in [0.25, 0.3) is 0 Å². The van der Waals surface area contributed by atoms with Gasteiger partial charge in [0, 0.05) is 59.9 Å². The minimum absolute atomic E-state index is 0.0266. The van der Waals surface area contributed by atoms with Gasteiger partial charge in [-0.05, 0) is 44.9 Å². The van der Waals surface area contributed by atoms with Gasteiger partial charge in [0.1, 0.15) is 5.82 Å². The summed E-state index contributed by atoms with van der Waals surface area (Å²) in [6.07, 6.45) is 2.97. The van der Waals surface area contributed by atoms with E-state index < -0.39 is 0 Å². The fourth-order valence-corrected chi connectivity index (χ4v) is 4.42. The van der Waals surface area contributed by atoms with Gasteiger partial charge in [-0.3, -0.25) is 14.7 Å². The third-order valence-corrected chi connectivity index (χ3v) is 6.06. The van der Waals surface area contributed by atoms with Crippen molar-refractivity contribution in [1.29, 1.82) is 0 Å². The van der Waals surface area contributed by atoms with E-state index >= 15 is 0 Å². The van der Waals surface area contributed by atoms with Crippen LogP contribution >= 0.6 is 0 Å². The lowest BCUT2D eigenvalue weighted by Crippen LogP contribution is -2.52. The molecule has 0 aromatic heterocycles. The van der Waals surface area contributed by atoms with E-state index in [1.54, 1.807) is 11.0 Å². The number of rotatable bonds is 7. The molecule has 2 heterocycles. The number of aliphatic imine (C=N–C) groups is 1. The SMILES string of the molecule is CCNC(=NCCCN1CCCC1C(=O)N(C)C)N1CCN(c2ccccc2F)CC1. The molecule has 172 valence electrons. The second-order valence-electron chi connectivity index (χ2n) is 8.44. The van der Waals surface area contributed by atoms with Crippen LogP contribution in [0.2, 0.25) is 0 Å². The molecule has 0 aliphatic carbocycles. The molecule has 1 N–H and O–H groups in total. The molecule has 2 fully saturated rings. The largest absolute Gasteiger partial charge is 0.366 e. The Labute approximate surface area is 185 Å². The van der Waals surface area contributed by atoms with Crippen molar-refractivity contribution in [3.8, 4) is 0 Å². The van der Waals surface area contributed by atoms with E-state index in [2.05, 4.69) is 26.9 Å². The van der Waals surface area contributed by atoms with Gasteiger partial charge in [-0.1, -0.05) is 12.1 Å². The highest BCUT2D eigenvalue weighted by Crippen LogP contribution is 2.21. The number of likely N-dealkylation sites (tertiary alicyclic amines) is 1. The number of piperazine rings is 1. The molecule has 1 unspecified atom stereocenters. The van der Waals surface area contributed by atoms with Crippen molar-refractivity contribution < 1.29 is 9.18 Å². The van der Waals surface area contributed by atoms with Crippen molar-refractivity contribution in [2.45, 2.75) is 32.2 Å². The summed E-state index contributed by atoms with van der Waals surface area (Å²) in [4.78, 5) is 25.6. The normalized spacial score (nSPS) is 20.3. The molecule has 0 bridgehead atoms. The number of carbonyl (C=O) groups excluding carboxylic acids is 1. The first-order valence-corrected chi connectivity index (χ1v) is 11.5. The molecule has 1 amide bonds. The molecule has 0 spiro atoms. The van der Waals surface area contributed by atoms with Crippen molar-refractivity contribution in [2.75, 3.05) is 71.4 Å². The standard InChI is InChI=1S/C23H37FN6O/c1-4-25-23(26-12-8-14-28-13-7-11-21(28)22(31)27(2)3)30-17-15-29(16-18-30)20-10-6-5-9-19(20)24/h5-6,9-10,21H,4,7-8,11-18H2,1-3H3,(H,25,26). The van der Waals surface area contributed by atoms with Crippen LogP contribution < -0.4 is 10.2 Å². The van der Waals surface area contributed by atoms with Crippen molar-refractivity contribution in [2.24, 2.45) is 4.99 Å². The lowest BCUT2D eigenvalue weighted by Gasteiger charge is -2.37. The van der Waals surface area contributed by atoms with Gasteiger partial charge in [0.15, 0.2) is 5.96 Å². The summed E-state index contributed by atoms with van der Waals surface area (Å²) in [7, 11) is 3.66. The number of para-hydroxylation sites is 1. The predicted octanol–water partition coefficient (Wildman–Crippen LogP) is 1.86. The first-order chi connectivity index (χ1) is 15.0. The summed E-state index contributed by atoms with van der Waals surface area (Å²) in [6.45, 7) is 8.68. The smallest absolute Gasteiger partial charge is 0.239 e. The minimum atomic E-state index is -0.163. The van der Waals surface area contributed by atoms with Gasteiger partial charge < -0.3 is 20.0 Å². The second-order valence-corrected chi connectivity index (χ2v) is 8.44. The Kier molecular flexibility index (Phi) is 8.51. The molecule has 3 rings (SSSR count). The maximum Gasteiger partial charge on any atom is 0.239 e. The molecular formula is C23H37FN6O. The van der Waals surface area contributed by atoms with Crippen LogP contribution in [0.1, 0.15) is 26.2 Å². The van der Waals surface area contributed by atoms with Gasteiger partial charge >= 0.3 is 0 Å². The van der Waals surface area contributed by atoms with Crippen LogP contribution in [0.5, 0.6) is 0 Å². The van der Waals surface area contributed by atoms with Crippen LogP contribution in [-0.2, 0) is 4.79 Å². The number of nitrogens with zero attached hydrogens (tertiary/aromatic N) is 5. The number of hydrogen-bond acceptors (Lipinski definition) is 4. The number of carbonyl (C=O) groups is 1. The van der Waals surface area contributed by atoms with Crippen molar-refractivity contribution in [3.05, 3.63) is 30.1 Å². The van der Waals surface area contributed by atoms with Gasteiger partial charge in [-0.2, -0.15) is 0 Å². The Hall–Kier alpha value is -2.35. The molecule has 2 aliphatic rings. The van der Waals surface area contributed by atoms with Crippen molar-refractivity contribution >= 4 is 17.6 Å². The topological polar surface area (TPSA) is 54.4 Å². The Morgan fingerprint density at radius 1 is 1.19 bits per heavy atom. The second kappa shape index (κ2) is 11.3. The Balaban J connectivity index is 1.49. The summed E-state index contributed by atoms with van der Waals surface area (Å²) in [5, 5.41) is 3.40. The van der Waals surface area contributed by atoms with Crippen LogP contribution in [-0.4, -0.2) is 99.1 Å². The molecule has 0 radical (unpaired) electrons. The van der Waals surface area contributed by atoms with Gasteiger partial charge in [-0.15, -0.1) is 0 Å². The molecule has 31 heavy (non-hydrogen) atoms. The van der Waals surface area contributed by atoms with Gasteiger partial charge in [-0.25, -0.2) is 4.39 Å². The van der Waals surface area contributed by atoms with Crippen LogP contribution in [0, 0.1) is 5.82 Å². The highest BCUT2D eigenvalue weighted by molar-refractivity contribution is 5.81. The van der Waals surface area contributed by atoms with E-state index in [0.29, 0.717) is 5.69 Å². The molecule has 1 aromatic rings. The Morgan fingerprint density at radius 2 is 1.94 bits per heavy atom. The molecule has 8 heteroatoms. The van der Waals surface area contributed by atoms with E-state index in [1.807, 2.05) is 26.2 Å². The van der Waals surface area contributed by atoms with Crippen LogP contribution in [0.4, 0.5) is 10.1 Å². The summed E-state index contributed by atoms with van der Waals surface area (Å²) in [6, 6.07) is 7.00. The first kappa shape index (κ1) is 23.3. The zero-order valence-electron chi connectivity index (χ0n) is 19.2. The number of benzene rings is 1. The molecule has 2 saturated heterocycles. The molecule has 2 aliphatic heterocycles. The Morgan fingerprint density at radius 3 is 2.61 bits per heavy atom. The number of anilines is 1. The fraction of sp³-hybridized carbons (Fsp3) is 0.652. The van der Waals surface area contributed by atoms with Crippen LogP contribution in [0.25, 0.3) is 0 Å². The van der Waals surface area contributed by atoms with E-state index in [9.17, 15) is 9.18 Å². The maximum atomic E-state index is 14.1. The number of amides is 1. The molecular weight excluding hydrogens is 395 g/mol. The van der Waals surface area contributed by atoms with Crippen LogP contribution in [0.15, 0.2) is 29.3 Å². The van der Waals surface area contributed by atoms with Gasteiger partial charge in [0.2, 0.25) is 5.91 Å². The van der Waals surface area contributed by atoms with E-state index in [0.717, 1.165) is 77.6 Å². The zero-order chi connectivity index (χ0) is 22.2. The van der Waals surface area contributed by atoms with E-state index in [-0.39, 0.29) is 17.8 Å². The highest BCUT2D eigenvalue weighted by atomic mass is 19.1. The fourth-order valence-electron chi connectivity index (χ4n) is 4.42. The average Bonchev–Trinajstić information content (AvgIpc) is 3.24. The number of hydrogen-bond donors (Lipinski definition) is 1. The first-order valence-electron chi connectivity index (χ1n) is 11.5. The molecule has 1 aromatic carbocycles. The lowest BCUT2D eigenvalue weighted by atomic mass is 10.2. The lowest BCUT2D eigenvalue weighted by molar-refractivity contribution is -0.133. The van der Waals surface area contributed by atoms with E-state index in [1.165, 1.54) is 6.07 Å².